The SMILES string of the molecule is [2H]c1c([2H])c([2H])c([C@@H](Cc2ccccc2)/N=C(\C#N)c2ccc(C(F)(F)F)cc2)c([2H])c1[2H]. The second-order valence-electron chi connectivity index (χ2n) is 5.91. The largest absolute Gasteiger partial charge is 0.416 e. The third-order valence-corrected chi connectivity index (χ3v) is 4.00. The van der Waals surface area contributed by atoms with Crippen LogP contribution in [-0.2, 0) is 12.6 Å². The summed E-state index contributed by atoms with van der Waals surface area (Å²) in [5.41, 5.74) is -0.324. The Morgan fingerprint density at radius 3 is 2.21 bits per heavy atom. The van der Waals surface area contributed by atoms with Gasteiger partial charge in [0.05, 0.1) is 18.5 Å². The lowest BCUT2D eigenvalue weighted by Gasteiger charge is -2.14. The first kappa shape index (κ1) is 13.7. The molecule has 0 spiro atoms. The zero-order valence-electron chi connectivity index (χ0n) is 19.5. The summed E-state index contributed by atoms with van der Waals surface area (Å²) < 4.78 is 78.9. The molecule has 28 heavy (non-hydrogen) atoms. The summed E-state index contributed by atoms with van der Waals surface area (Å²) >= 11 is 0. The van der Waals surface area contributed by atoms with E-state index in [0.29, 0.717) is 0 Å². The van der Waals surface area contributed by atoms with Crippen LogP contribution in [0.4, 0.5) is 13.2 Å². The minimum Gasteiger partial charge on any atom is -0.265 e. The summed E-state index contributed by atoms with van der Waals surface area (Å²) in [5, 5.41) is 9.66. The summed E-state index contributed by atoms with van der Waals surface area (Å²) in [6, 6.07) is 11.0. The van der Waals surface area contributed by atoms with Gasteiger partial charge in [-0.15, -0.1) is 0 Å². The number of halogens is 3. The minimum atomic E-state index is -4.54. The highest BCUT2D eigenvalue weighted by Gasteiger charge is 2.30. The fraction of sp³-hybridized carbons (Fsp3) is 0.130. The normalized spacial score (nSPS) is 15.5. The molecule has 2 nitrogen and oxygen atoms in total. The number of alkyl halides is 3. The molecule has 0 N–H and O–H groups in total. The molecule has 0 bridgehead atoms. The van der Waals surface area contributed by atoms with Crippen LogP contribution in [0.1, 0.15) is 35.1 Å². The molecular weight excluding hydrogens is 361 g/mol. The molecule has 0 unspecified atom stereocenters. The van der Waals surface area contributed by atoms with Crippen molar-refractivity contribution in [3.05, 3.63) is 107 Å². The lowest BCUT2D eigenvalue weighted by Crippen LogP contribution is -2.08. The predicted octanol–water partition coefficient (Wildman–Crippen LogP) is 6.00. The van der Waals surface area contributed by atoms with Crippen molar-refractivity contribution in [3.63, 3.8) is 0 Å². The van der Waals surface area contributed by atoms with Crippen LogP contribution in [0.15, 0.2) is 89.8 Å². The van der Waals surface area contributed by atoms with Gasteiger partial charge in [-0.3, -0.25) is 4.99 Å². The Kier molecular flexibility index (Phi) is 4.18. The lowest BCUT2D eigenvalue weighted by atomic mass is 9.98. The number of nitriles is 1. The van der Waals surface area contributed by atoms with Crippen LogP contribution in [0.25, 0.3) is 0 Å². The maximum atomic E-state index is 12.9. The van der Waals surface area contributed by atoms with Crippen molar-refractivity contribution in [1.29, 1.82) is 5.26 Å². The molecule has 1 atom stereocenters. The van der Waals surface area contributed by atoms with Crippen molar-refractivity contribution < 1.29 is 20.0 Å². The standard InChI is InChI=1S/C23H17F3N2/c24-23(25,26)20-13-11-19(12-14-20)22(16-27)28-21(18-9-5-2-6-10-18)15-17-7-3-1-4-8-17/h1-14,21H,15H2/b28-22+/t21-/m1/s1/i2D,5D,6D,9D,10D. The van der Waals surface area contributed by atoms with Gasteiger partial charge in [0, 0.05) is 5.56 Å². The van der Waals surface area contributed by atoms with E-state index in [1.807, 2.05) is 6.07 Å². The summed E-state index contributed by atoms with van der Waals surface area (Å²) in [6.07, 6.45) is -4.42. The van der Waals surface area contributed by atoms with Crippen LogP contribution >= 0.6 is 0 Å². The average molecular weight is 383 g/mol. The number of hydrogen-bond acceptors (Lipinski definition) is 2. The zero-order chi connectivity index (χ0) is 24.3. The van der Waals surface area contributed by atoms with Crippen molar-refractivity contribution in [1.82, 2.24) is 0 Å². The number of hydrogen-bond donors (Lipinski definition) is 0. The van der Waals surface area contributed by atoms with E-state index in [2.05, 4.69) is 4.99 Å². The Morgan fingerprint density at radius 1 is 1.00 bits per heavy atom. The molecule has 0 aliphatic carbocycles. The maximum Gasteiger partial charge on any atom is 0.416 e. The van der Waals surface area contributed by atoms with Gasteiger partial charge in [-0.05, 0) is 29.7 Å². The maximum absolute atomic E-state index is 12.9. The van der Waals surface area contributed by atoms with E-state index in [0.717, 1.165) is 29.8 Å². The van der Waals surface area contributed by atoms with E-state index in [4.69, 9.17) is 6.85 Å². The molecule has 0 radical (unpaired) electrons. The van der Waals surface area contributed by atoms with Gasteiger partial charge >= 0.3 is 6.18 Å². The van der Waals surface area contributed by atoms with Gasteiger partial charge in [0.25, 0.3) is 0 Å². The Bertz CT molecular complexity index is 1210. The predicted molar refractivity (Wildman–Crippen MR) is 103 cm³/mol. The van der Waals surface area contributed by atoms with E-state index in [1.165, 1.54) is 0 Å². The van der Waals surface area contributed by atoms with E-state index >= 15 is 0 Å². The molecule has 0 aliphatic heterocycles. The van der Waals surface area contributed by atoms with Gasteiger partial charge in [-0.2, -0.15) is 18.4 Å². The molecule has 5 heteroatoms. The molecule has 3 rings (SSSR count). The highest BCUT2D eigenvalue weighted by Crippen LogP contribution is 2.29. The molecule has 0 aliphatic rings. The van der Waals surface area contributed by atoms with Crippen molar-refractivity contribution in [2.24, 2.45) is 4.99 Å². The third-order valence-electron chi connectivity index (χ3n) is 4.00. The van der Waals surface area contributed by atoms with Gasteiger partial charge in [0.2, 0.25) is 0 Å². The van der Waals surface area contributed by atoms with Crippen LogP contribution in [0.2, 0.25) is 0 Å². The highest BCUT2D eigenvalue weighted by molar-refractivity contribution is 6.11. The number of aliphatic imine (C=N–C) groups is 1. The molecule has 140 valence electrons. The van der Waals surface area contributed by atoms with E-state index < -0.39 is 48.0 Å². The molecule has 3 aromatic carbocycles. The van der Waals surface area contributed by atoms with Gasteiger partial charge in [-0.25, -0.2) is 0 Å². The third kappa shape index (κ3) is 4.86. The smallest absolute Gasteiger partial charge is 0.265 e. The Labute approximate surface area is 168 Å². The number of benzene rings is 3. The molecular formula is C23H17F3N2. The quantitative estimate of drug-likeness (QED) is 0.498. The van der Waals surface area contributed by atoms with Gasteiger partial charge in [-0.1, -0.05) is 72.7 Å². The Morgan fingerprint density at radius 2 is 1.64 bits per heavy atom. The fourth-order valence-corrected chi connectivity index (χ4v) is 2.62. The highest BCUT2D eigenvalue weighted by atomic mass is 19.4. The van der Waals surface area contributed by atoms with E-state index in [1.54, 1.807) is 30.3 Å². The summed E-state index contributed by atoms with van der Waals surface area (Å²) in [4.78, 5) is 4.36. The van der Waals surface area contributed by atoms with Crippen LogP contribution in [0.5, 0.6) is 0 Å². The van der Waals surface area contributed by atoms with E-state index in [-0.39, 0.29) is 23.3 Å². The van der Waals surface area contributed by atoms with Gasteiger partial charge in [0.15, 0.2) is 0 Å². The summed E-state index contributed by atoms with van der Waals surface area (Å²) in [6.45, 7) is 0. The molecule has 0 fully saturated rings. The lowest BCUT2D eigenvalue weighted by molar-refractivity contribution is -0.137. The average Bonchev–Trinajstić information content (AvgIpc) is 2.80. The van der Waals surface area contributed by atoms with Crippen molar-refractivity contribution in [2.45, 2.75) is 18.6 Å². The van der Waals surface area contributed by atoms with Crippen LogP contribution in [-0.4, -0.2) is 5.71 Å². The van der Waals surface area contributed by atoms with Crippen LogP contribution in [0, 0.1) is 11.3 Å². The van der Waals surface area contributed by atoms with Crippen molar-refractivity contribution >= 4 is 5.71 Å². The molecule has 3 aromatic rings. The second kappa shape index (κ2) is 8.53. The summed E-state index contributed by atoms with van der Waals surface area (Å²) in [7, 11) is 0. The van der Waals surface area contributed by atoms with Crippen molar-refractivity contribution in [3.8, 4) is 6.07 Å². The van der Waals surface area contributed by atoms with Crippen LogP contribution < -0.4 is 0 Å². The molecule has 0 saturated carbocycles. The first-order chi connectivity index (χ1) is 15.5. The second-order valence-corrected chi connectivity index (χ2v) is 5.91. The Hall–Kier alpha value is -3.39. The first-order valence-electron chi connectivity index (χ1n) is 10.8. The minimum absolute atomic E-state index is 0.0930. The monoisotopic (exact) mass is 383 g/mol. The molecule has 0 amide bonds. The molecule has 0 heterocycles. The van der Waals surface area contributed by atoms with Gasteiger partial charge in [0.1, 0.15) is 11.8 Å². The first-order valence-corrected chi connectivity index (χ1v) is 8.30. The summed E-state index contributed by atoms with van der Waals surface area (Å²) in [5.74, 6) is 0. The van der Waals surface area contributed by atoms with Gasteiger partial charge < -0.3 is 0 Å². The number of nitrogens with zero attached hydrogens (tertiary/aromatic N) is 2. The molecule has 0 saturated heterocycles. The fourth-order valence-electron chi connectivity index (χ4n) is 2.62. The van der Waals surface area contributed by atoms with Crippen molar-refractivity contribution in [2.75, 3.05) is 0 Å². The topological polar surface area (TPSA) is 36.1 Å². The van der Waals surface area contributed by atoms with Crippen LogP contribution in [0.3, 0.4) is 0 Å². The number of rotatable bonds is 5. The zero-order valence-corrected chi connectivity index (χ0v) is 14.5. The Balaban J connectivity index is 2.16. The van der Waals surface area contributed by atoms with E-state index in [9.17, 15) is 18.4 Å². The molecule has 0 aromatic heterocycles.